The molecule has 0 spiro atoms. The van der Waals surface area contributed by atoms with Crippen LogP contribution in [0.2, 0.25) is 0 Å². The normalized spacial score (nSPS) is 12.2. The van der Waals surface area contributed by atoms with Crippen molar-refractivity contribution in [3.8, 4) is 5.75 Å². The lowest BCUT2D eigenvalue weighted by Crippen LogP contribution is -2.27. The van der Waals surface area contributed by atoms with Gasteiger partial charge in [-0.1, -0.05) is 17.7 Å². The van der Waals surface area contributed by atoms with E-state index in [1.165, 1.54) is 11.1 Å². The van der Waals surface area contributed by atoms with Gasteiger partial charge in [0.1, 0.15) is 5.75 Å². The Morgan fingerprint density at radius 2 is 2.00 bits per heavy atom. The number of likely N-dealkylation sites (N-methyl/N-ethyl adjacent to an activating group) is 1. The van der Waals surface area contributed by atoms with Crippen LogP contribution in [0.25, 0.3) is 0 Å². The minimum Gasteiger partial charge on any atom is -0.497 e. The van der Waals surface area contributed by atoms with E-state index in [2.05, 4.69) is 31.0 Å². The number of ether oxygens (including phenoxy) is 1. The highest BCUT2D eigenvalue weighted by Gasteiger charge is 2.07. The topological polar surface area (TPSA) is 21.3 Å². The van der Waals surface area contributed by atoms with Crippen LogP contribution in [0.3, 0.4) is 0 Å². The van der Waals surface area contributed by atoms with Gasteiger partial charge in [0.05, 0.1) is 7.11 Å². The van der Waals surface area contributed by atoms with Crippen molar-refractivity contribution in [2.24, 2.45) is 0 Å². The molecule has 1 aromatic carbocycles. The molecule has 2 nitrogen and oxygen atoms in total. The molecule has 94 valence electrons. The van der Waals surface area contributed by atoms with Gasteiger partial charge in [0.2, 0.25) is 0 Å². The average Bonchev–Trinajstić information content (AvgIpc) is 2.35. The van der Waals surface area contributed by atoms with Gasteiger partial charge >= 0.3 is 0 Å². The zero-order valence-corrected chi connectivity index (χ0v) is 11.1. The molecule has 0 fully saturated rings. The third-order valence-corrected chi connectivity index (χ3v) is 2.97. The Labute approximate surface area is 105 Å². The Balaban J connectivity index is 2.51. The maximum absolute atomic E-state index is 5.15. The third kappa shape index (κ3) is 5.05. The van der Waals surface area contributed by atoms with Crippen LogP contribution < -0.4 is 10.1 Å². The molecule has 1 rings (SSSR count). The van der Waals surface area contributed by atoms with Gasteiger partial charge in [-0.15, -0.1) is 6.58 Å². The van der Waals surface area contributed by atoms with E-state index in [4.69, 9.17) is 4.74 Å². The first-order valence-corrected chi connectivity index (χ1v) is 6.10. The highest BCUT2D eigenvalue weighted by atomic mass is 16.5. The van der Waals surface area contributed by atoms with Crippen LogP contribution in [0.1, 0.15) is 25.3 Å². The van der Waals surface area contributed by atoms with E-state index in [0.717, 1.165) is 25.0 Å². The lowest BCUT2D eigenvalue weighted by molar-refractivity contribution is 0.414. The van der Waals surface area contributed by atoms with Gasteiger partial charge in [0.15, 0.2) is 0 Å². The fourth-order valence-electron chi connectivity index (χ4n) is 1.82. The SMILES string of the molecule is C=C(C)CCC(Cc1ccc(OC)cc1)NC. The quantitative estimate of drug-likeness (QED) is 0.730. The standard InChI is InChI=1S/C15H23NO/c1-12(2)5-8-14(16-3)11-13-6-9-15(17-4)10-7-13/h6-7,9-10,14,16H,1,5,8,11H2,2-4H3. The monoisotopic (exact) mass is 233 g/mol. The molecule has 1 atom stereocenters. The number of hydrogen-bond acceptors (Lipinski definition) is 2. The molecule has 1 N–H and O–H groups in total. The van der Waals surface area contributed by atoms with Crippen molar-refractivity contribution < 1.29 is 4.74 Å². The lowest BCUT2D eigenvalue weighted by Gasteiger charge is -2.16. The molecule has 0 amide bonds. The van der Waals surface area contributed by atoms with E-state index >= 15 is 0 Å². The fourth-order valence-corrected chi connectivity index (χ4v) is 1.82. The van der Waals surface area contributed by atoms with E-state index in [1.54, 1.807) is 7.11 Å². The van der Waals surface area contributed by atoms with E-state index in [0.29, 0.717) is 6.04 Å². The molecule has 1 unspecified atom stereocenters. The van der Waals surface area contributed by atoms with Gasteiger partial charge < -0.3 is 10.1 Å². The molecule has 0 aliphatic heterocycles. The minimum atomic E-state index is 0.514. The molecule has 0 saturated carbocycles. The summed E-state index contributed by atoms with van der Waals surface area (Å²) in [7, 11) is 3.71. The second kappa shape index (κ2) is 7.13. The highest BCUT2D eigenvalue weighted by Crippen LogP contribution is 2.14. The molecular formula is C15H23NO. The summed E-state index contributed by atoms with van der Waals surface area (Å²) in [4.78, 5) is 0. The summed E-state index contributed by atoms with van der Waals surface area (Å²) in [6, 6.07) is 8.80. The maximum Gasteiger partial charge on any atom is 0.118 e. The molecule has 0 radical (unpaired) electrons. The van der Waals surface area contributed by atoms with Crippen LogP contribution in [-0.2, 0) is 6.42 Å². The first-order valence-electron chi connectivity index (χ1n) is 6.10. The van der Waals surface area contributed by atoms with Crippen molar-refractivity contribution in [2.75, 3.05) is 14.2 Å². The molecule has 0 bridgehead atoms. The van der Waals surface area contributed by atoms with E-state index in [9.17, 15) is 0 Å². The predicted molar refractivity (Wildman–Crippen MR) is 73.6 cm³/mol. The zero-order valence-electron chi connectivity index (χ0n) is 11.1. The molecule has 17 heavy (non-hydrogen) atoms. The van der Waals surface area contributed by atoms with Gasteiger partial charge in [-0.05, 0) is 50.9 Å². The van der Waals surface area contributed by atoms with Gasteiger partial charge in [-0.2, -0.15) is 0 Å². The summed E-state index contributed by atoms with van der Waals surface area (Å²) in [6.45, 7) is 6.03. The first-order chi connectivity index (χ1) is 8.15. The lowest BCUT2D eigenvalue weighted by atomic mass is 10.00. The highest BCUT2D eigenvalue weighted by molar-refractivity contribution is 5.27. The van der Waals surface area contributed by atoms with Gasteiger partial charge in [0, 0.05) is 6.04 Å². The summed E-state index contributed by atoms with van der Waals surface area (Å²) >= 11 is 0. The number of nitrogens with one attached hydrogen (secondary N) is 1. The summed E-state index contributed by atoms with van der Waals surface area (Å²) in [5, 5.41) is 3.36. The van der Waals surface area contributed by atoms with Gasteiger partial charge in [-0.3, -0.25) is 0 Å². The Kier molecular flexibility index (Phi) is 5.78. The van der Waals surface area contributed by atoms with Crippen LogP contribution in [0.5, 0.6) is 5.75 Å². The van der Waals surface area contributed by atoms with Crippen LogP contribution in [0.4, 0.5) is 0 Å². The van der Waals surface area contributed by atoms with Crippen LogP contribution in [0.15, 0.2) is 36.4 Å². The Bertz CT molecular complexity index is 342. The molecular weight excluding hydrogens is 210 g/mol. The number of hydrogen-bond donors (Lipinski definition) is 1. The summed E-state index contributed by atoms with van der Waals surface area (Å²) in [6.07, 6.45) is 3.27. The van der Waals surface area contributed by atoms with Crippen molar-refractivity contribution in [3.63, 3.8) is 0 Å². The summed E-state index contributed by atoms with van der Waals surface area (Å²) in [5.74, 6) is 0.914. The molecule has 0 aliphatic carbocycles. The van der Waals surface area contributed by atoms with Crippen LogP contribution in [0, 0.1) is 0 Å². The molecule has 0 heterocycles. The first kappa shape index (κ1) is 13.8. The van der Waals surface area contributed by atoms with Crippen LogP contribution in [-0.4, -0.2) is 20.2 Å². The molecule has 1 aromatic rings. The molecule has 2 heteroatoms. The number of benzene rings is 1. The average molecular weight is 233 g/mol. The van der Waals surface area contributed by atoms with E-state index in [1.807, 2.05) is 19.2 Å². The summed E-state index contributed by atoms with van der Waals surface area (Å²) < 4.78 is 5.15. The molecule has 0 aliphatic rings. The van der Waals surface area contributed by atoms with E-state index < -0.39 is 0 Å². The van der Waals surface area contributed by atoms with Crippen molar-refractivity contribution in [1.82, 2.24) is 5.32 Å². The fraction of sp³-hybridized carbons (Fsp3) is 0.467. The van der Waals surface area contributed by atoms with Crippen molar-refractivity contribution in [2.45, 2.75) is 32.2 Å². The van der Waals surface area contributed by atoms with Gasteiger partial charge in [0.25, 0.3) is 0 Å². The maximum atomic E-state index is 5.15. The van der Waals surface area contributed by atoms with Crippen LogP contribution >= 0.6 is 0 Å². The van der Waals surface area contributed by atoms with Crippen molar-refractivity contribution >= 4 is 0 Å². The number of allylic oxidation sites excluding steroid dienone is 1. The van der Waals surface area contributed by atoms with Gasteiger partial charge in [-0.25, -0.2) is 0 Å². The van der Waals surface area contributed by atoms with Crippen molar-refractivity contribution in [1.29, 1.82) is 0 Å². The van der Waals surface area contributed by atoms with E-state index in [-0.39, 0.29) is 0 Å². The Hall–Kier alpha value is -1.28. The Morgan fingerprint density at radius 1 is 1.35 bits per heavy atom. The number of rotatable bonds is 7. The summed E-state index contributed by atoms with van der Waals surface area (Å²) in [5.41, 5.74) is 2.59. The minimum absolute atomic E-state index is 0.514. The smallest absolute Gasteiger partial charge is 0.118 e. The second-order valence-electron chi connectivity index (χ2n) is 4.53. The molecule has 0 aromatic heterocycles. The van der Waals surface area contributed by atoms with Crippen molar-refractivity contribution in [3.05, 3.63) is 42.0 Å². The number of methoxy groups -OCH3 is 1. The predicted octanol–water partition coefficient (Wildman–Crippen LogP) is 3.18. The zero-order chi connectivity index (χ0) is 12.7. The largest absolute Gasteiger partial charge is 0.497 e. The Morgan fingerprint density at radius 3 is 2.47 bits per heavy atom. The molecule has 0 saturated heterocycles. The second-order valence-corrected chi connectivity index (χ2v) is 4.53. The third-order valence-electron chi connectivity index (χ3n) is 2.97.